The van der Waals surface area contributed by atoms with Gasteiger partial charge in [0.2, 0.25) is 0 Å². The van der Waals surface area contributed by atoms with E-state index in [4.69, 9.17) is 10.5 Å². The van der Waals surface area contributed by atoms with Crippen molar-refractivity contribution < 1.29 is 4.74 Å². The smallest absolute Gasteiger partial charge is 0.119 e. The maximum atomic E-state index is 6.41. The molecule has 0 saturated heterocycles. The third kappa shape index (κ3) is 2.89. The Morgan fingerprint density at radius 2 is 2.22 bits per heavy atom. The number of hydrogen-bond acceptors (Lipinski definition) is 4. The summed E-state index contributed by atoms with van der Waals surface area (Å²) < 4.78 is 5.24. The van der Waals surface area contributed by atoms with Gasteiger partial charge in [-0.05, 0) is 31.5 Å². The summed E-state index contributed by atoms with van der Waals surface area (Å²) in [6.07, 6.45) is 0.727. The van der Waals surface area contributed by atoms with Gasteiger partial charge in [0.1, 0.15) is 5.75 Å². The van der Waals surface area contributed by atoms with Crippen LogP contribution in [0.15, 0.2) is 29.6 Å². The molecule has 96 valence electrons. The fraction of sp³-hybridized carbons (Fsp3) is 0.357. The summed E-state index contributed by atoms with van der Waals surface area (Å²) in [5, 5.41) is 3.15. The highest BCUT2D eigenvalue weighted by molar-refractivity contribution is 7.09. The number of rotatable bonds is 4. The number of methoxy groups -OCH3 is 1. The monoisotopic (exact) mass is 262 g/mol. The van der Waals surface area contributed by atoms with E-state index in [9.17, 15) is 0 Å². The Morgan fingerprint density at radius 1 is 1.44 bits per heavy atom. The van der Waals surface area contributed by atoms with Gasteiger partial charge in [-0.15, -0.1) is 11.3 Å². The van der Waals surface area contributed by atoms with Gasteiger partial charge in [0.05, 0.1) is 17.8 Å². The summed E-state index contributed by atoms with van der Waals surface area (Å²) in [6, 6.07) is 7.90. The molecule has 0 aliphatic rings. The molecule has 1 aromatic carbocycles. The van der Waals surface area contributed by atoms with Gasteiger partial charge in [0.25, 0.3) is 0 Å². The molecule has 0 amide bonds. The highest BCUT2D eigenvalue weighted by Crippen LogP contribution is 2.26. The number of aromatic nitrogens is 1. The topological polar surface area (TPSA) is 48.1 Å². The van der Waals surface area contributed by atoms with E-state index >= 15 is 0 Å². The minimum absolute atomic E-state index is 0.435. The zero-order valence-corrected chi connectivity index (χ0v) is 11.8. The molecule has 0 saturated carbocycles. The third-order valence-electron chi connectivity index (χ3n) is 2.94. The Morgan fingerprint density at radius 3 is 2.83 bits per heavy atom. The number of nitrogens with zero attached hydrogens (tertiary/aromatic N) is 1. The van der Waals surface area contributed by atoms with Gasteiger partial charge >= 0.3 is 0 Å². The lowest BCUT2D eigenvalue weighted by atomic mass is 9.88. The van der Waals surface area contributed by atoms with Gasteiger partial charge in [-0.1, -0.05) is 12.1 Å². The van der Waals surface area contributed by atoms with Crippen molar-refractivity contribution in [1.82, 2.24) is 4.98 Å². The fourth-order valence-electron chi connectivity index (χ4n) is 1.95. The van der Waals surface area contributed by atoms with E-state index in [1.165, 1.54) is 0 Å². The van der Waals surface area contributed by atoms with Crippen molar-refractivity contribution in [3.63, 3.8) is 0 Å². The second-order valence-electron chi connectivity index (χ2n) is 4.68. The predicted molar refractivity (Wildman–Crippen MR) is 75.1 cm³/mol. The van der Waals surface area contributed by atoms with E-state index in [0.29, 0.717) is 0 Å². The molecule has 2 N–H and O–H groups in total. The van der Waals surface area contributed by atoms with Crippen LogP contribution in [0.5, 0.6) is 5.75 Å². The molecule has 0 spiro atoms. The second-order valence-corrected chi connectivity index (χ2v) is 5.75. The van der Waals surface area contributed by atoms with E-state index in [1.807, 2.05) is 38.1 Å². The Kier molecular flexibility index (Phi) is 3.68. The molecule has 0 aliphatic carbocycles. The summed E-state index contributed by atoms with van der Waals surface area (Å²) in [5.41, 5.74) is 8.09. The van der Waals surface area contributed by atoms with Gasteiger partial charge in [-0.2, -0.15) is 0 Å². The standard InChI is InChI=1S/C14H18N2OS/c1-10-16-12(9-18-10)8-14(2,15)11-5-4-6-13(7-11)17-3/h4-7,9H,8,15H2,1-3H3. The summed E-state index contributed by atoms with van der Waals surface area (Å²) in [7, 11) is 1.66. The largest absolute Gasteiger partial charge is 0.497 e. The molecular formula is C14H18N2OS. The number of aryl methyl sites for hydroxylation is 1. The molecule has 1 unspecified atom stereocenters. The Hall–Kier alpha value is -1.39. The molecule has 4 heteroatoms. The van der Waals surface area contributed by atoms with Crippen LogP contribution in [0, 0.1) is 6.92 Å². The highest BCUT2D eigenvalue weighted by atomic mass is 32.1. The maximum absolute atomic E-state index is 6.41. The number of nitrogens with two attached hydrogens (primary N) is 1. The van der Waals surface area contributed by atoms with Crippen molar-refractivity contribution in [2.45, 2.75) is 25.8 Å². The third-order valence-corrected chi connectivity index (χ3v) is 3.77. The van der Waals surface area contributed by atoms with E-state index in [0.717, 1.165) is 28.4 Å². The zero-order valence-electron chi connectivity index (χ0n) is 10.9. The molecule has 0 fully saturated rings. The van der Waals surface area contributed by atoms with Crippen molar-refractivity contribution in [2.24, 2.45) is 5.73 Å². The van der Waals surface area contributed by atoms with Gasteiger partial charge in [0, 0.05) is 17.3 Å². The van der Waals surface area contributed by atoms with E-state index < -0.39 is 5.54 Å². The quantitative estimate of drug-likeness (QED) is 0.921. The Bertz CT molecular complexity index is 534. The molecule has 3 nitrogen and oxygen atoms in total. The van der Waals surface area contributed by atoms with Crippen molar-refractivity contribution in [1.29, 1.82) is 0 Å². The molecule has 0 radical (unpaired) electrons. The zero-order chi connectivity index (χ0) is 13.2. The fourth-order valence-corrected chi connectivity index (χ4v) is 2.56. The molecule has 2 rings (SSSR count). The van der Waals surface area contributed by atoms with Crippen LogP contribution in [0.25, 0.3) is 0 Å². The number of hydrogen-bond donors (Lipinski definition) is 1. The van der Waals surface area contributed by atoms with Crippen LogP contribution >= 0.6 is 11.3 Å². The molecule has 1 heterocycles. The van der Waals surface area contributed by atoms with Gasteiger partial charge in [-0.3, -0.25) is 0 Å². The summed E-state index contributed by atoms with van der Waals surface area (Å²) in [5.74, 6) is 0.832. The lowest BCUT2D eigenvalue weighted by Gasteiger charge is -2.24. The minimum atomic E-state index is -0.435. The van der Waals surface area contributed by atoms with Gasteiger partial charge < -0.3 is 10.5 Å². The van der Waals surface area contributed by atoms with Crippen molar-refractivity contribution in [2.75, 3.05) is 7.11 Å². The highest BCUT2D eigenvalue weighted by Gasteiger charge is 2.23. The van der Waals surface area contributed by atoms with Crippen LogP contribution in [0.4, 0.5) is 0 Å². The molecule has 0 aliphatic heterocycles. The van der Waals surface area contributed by atoms with Crippen molar-refractivity contribution in [3.05, 3.63) is 45.9 Å². The molecule has 0 bridgehead atoms. The normalized spacial score (nSPS) is 14.2. The Labute approximate surface area is 112 Å². The number of thiazole rings is 1. The molecule has 1 aromatic heterocycles. The van der Waals surface area contributed by atoms with Crippen LogP contribution in [0.1, 0.15) is 23.2 Å². The first-order valence-corrected chi connectivity index (χ1v) is 6.73. The van der Waals surface area contributed by atoms with Crippen LogP contribution in [0.3, 0.4) is 0 Å². The first-order valence-electron chi connectivity index (χ1n) is 5.86. The predicted octanol–water partition coefficient (Wildman–Crippen LogP) is 2.88. The molecule has 2 aromatic rings. The van der Waals surface area contributed by atoms with Crippen LogP contribution < -0.4 is 10.5 Å². The van der Waals surface area contributed by atoms with E-state index in [-0.39, 0.29) is 0 Å². The first-order chi connectivity index (χ1) is 8.51. The molecule has 18 heavy (non-hydrogen) atoms. The van der Waals surface area contributed by atoms with E-state index in [2.05, 4.69) is 10.4 Å². The Balaban J connectivity index is 2.23. The molecule has 1 atom stereocenters. The molecular weight excluding hydrogens is 244 g/mol. The lowest BCUT2D eigenvalue weighted by molar-refractivity contribution is 0.410. The van der Waals surface area contributed by atoms with E-state index in [1.54, 1.807) is 18.4 Å². The second kappa shape index (κ2) is 5.08. The van der Waals surface area contributed by atoms with Crippen LogP contribution in [0.2, 0.25) is 0 Å². The summed E-state index contributed by atoms with van der Waals surface area (Å²) in [6.45, 7) is 4.03. The van der Waals surface area contributed by atoms with Crippen LogP contribution in [-0.4, -0.2) is 12.1 Å². The summed E-state index contributed by atoms with van der Waals surface area (Å²) in [4.78, 5) is 4.47. The van der Waals surface area contributed by atoms with Crippen LogP contribution in [-0.2, 0) is 12.0 Å². The number of benzene rings is 1. The first kappa shape index (κ1) is 13.1. The van der Waals surface area contributed by atoms with Crippen molar-refractivity contribution >= 4 is 11.3 Å². The van der Waals surface area contributed by atoms with Gasteiger partial charge in [-0.25, -0.2) is 4.98 Å². The van der Waals surface area contributed by atoms with Crippen molar-refractivity contribution in [3.8, 4) is 5.75 Å². The maximum Gasteiger partial charge on any atom is 0.119 e. The average molecular weight is 262 g/mol. The SMILES string of the molecule is COc1cccc(C(C)(N)Cc2csc(C)n2)c1. The lowest BCUT2D eigenvalue weighted by Crippen LogP contribution is -2.35. The number of ether oxygens (including phenoxy) is 1. The average Bonchev–Trinajstić information content (AvgIpc) is 2.74. The minimum Gasteiger partial charge on any atom is -0.497 e. The van der Waals surface area contributed by atoms with Gasteiger partial charge in [0.15, 0.2) is 0 Å². The summed E-state index contributed by atoms with van der Waals surface area (Å²) >= 11 is 1.66.